The zero-order valence-corrected chi connectivity index (χ0v) is 32.1. The number of Topliss-reactive ketones (excluding diaryl/α,β-unsaturated/α-hetero) is 2. The van der Waals surface area contributed by atoms with Gasteiger partial charge in [-0.1, -0.05) is 24.3 Å². The maximum atomic E-state index is 12.1. The van der Waals surface area contributed by atoms with Crippen LogP contribution in [0, 0.1) is 0 Å². The molecule has 4 aromatic carbocycles. The van der Waals surface area contributed by atoms with Crippen molar-refractivity contribution in [3.05, 3.63) is 119 Å². The van der Waals surface area contributed by atoms with E-state index in [0.29, 0.717) is 22.6 Å². The molecular weight excluding hydrogens is 660 g/mol. The minimum absolute atomic E-state index is 0. The maximum absolute atomic E-state index is 12.1. The maximum Gasteiger partial charge on any atom is 1.00 e. The van der Waals surface area contributed by atoms with Gasteiger partial charge in [0.25, 0.3) is 0 Å². The molecule has 4 N–H and O–H groups in total. The molecule has 4 aromatic rings. The Kier molecular flexibility index (Phi) is 25.6. The Balaban J connectivity index is 0. The van der Waals surface area contributed by atoms with Crippen molar-refractivity contribution < 1.29 is 105 Å². The first-order valence-electron chi connectivity index (χ1n) is 14.3. The molecule has 12 heteroatoms. The second-order valence-electron chi connectivity index (χ2n) is 9.61. The van der Waals surface area contributed by atoms with Gasteiger partial charge in [0.15, 0.2) is 11.6 Å². The van der Waals surface area contributed by atoms with Crippen molar-refractivity contribution >= 4 is 11.6 Å². The molecular formula is C36H43NaO10Sc. The molecule has 0 bridgehead atoms. The number of ether oxygens (including phenoxy) is 4. The summed E-state index contributed by atoms with van der Waals surface area (Å²) >= 11 is 0. The minimum Gasteiger partial charge on any atom is -0.870 e. The van der Waals surface area contributed by atoms with Gasteiger partial charge in [0.2, 0.25) is 0 Å². The second kappa shape index (κ2) is 26.1. The first-order chi connectivity index (χ1) is 21.7. The molecule has 1 radical (unpaired) electrons. The molecule has 2 atom stereocenters. The quantitative estimate of drug-likeness (QED) is 0.114. The number of hydrogen-bond acceptors (Lipinski definition) is 10. The van der Waals surface area contributed by atoms with Crippen molar-refractivity contribution in [2.45, 2.75) is 32.0 Å². The number of carbonyl (C=O) groups excluding carboxylic acids is 2. The van der Waals surface area contributed by atoms with Crippen LogP contribution >= 0.6 is 0 Å². The number of hydrogen-bond donors (Lipinski definition) is 3. The van der Waals surface area contributed by atoms with Crippen molar-refractivity contribution in [3.63, 3.8) is 0 Å². The number of ketones is 2. The third-order valence-corrected chi connectivity index (χ3v) is 6.59. The van der Waals surface area contributed by atoms with Crippen molar-refractivity contribution in [1.29, 1.82) is 0 Å². The van der Waals surface area contributed by atoms with E-state index >= 15 is 0 Å². The van der Waals surface area contributed by atoms with Gasteiger partial charge in [0.1, 0.15) is 23.0 Å². The predicted octanol–water partition coefficient (Wildman–Crippen LogP) is 2.84. The summed E-state index contributed by atoms with van der Waals surface area (Å²) in [5, 5.41) is 28.0. The Bertz CT molecular complexity index is 1320. The van der Waals surface area contributed by atoms with Crippen LogP contribution in [0.2, 0.25) is 0 Å². The molecule has 0 aliphatic carbocycles. The molecule has 0 aromatic heterocycles. The summed E-state index contributed by atoms with van der Waals surface area (Å²) in [5.74, 6) is 2.40. The molecule has 0 spiro atoms. The van der Waals surface area contributed by atoms with Gasteiger partial charge in [0.05, 0.1) is 47.1 Å². The van der Waals surface area contributed by atoms with E-state index < -0.39 is 12.2 Å². The van der Waals surface area contributed by atoms with Crippen molar-refractivity contribution in [2.75, 3.05) is 35.0 Å². The summed E-state index contributed by atoms with van der Waals surface area (Å²) in [6.07, 6.45) is -1.38. The average molecular weight is 704 g/mol. The van der Waals surface area contributed by atoms with Crippen LogP contribution in [0.25, 0.3) is 0 Å². The monoisotopic (exact) mass is 703 g/mol. The summed E-state index contributed by atoms with van der Waals surface area (Å²) in [6.45, 7) is 1.93. The first kappa shape index (κ1) is 47.2. The summed E-state index contributed by atoms with van der Waals surface area (Å²) in [4.78, 5) is 24.1. The van der Waals surface area contributed by atoms with Crippen molar-refractivity contribution in [1.82, 2.24) is 0 Å². The molecule has 2 unspecified atom stereocenters. The van der Waals surface area contributed by atoms with Gasteiger partial charge in [-0.05, 0) is 90.8 Å². The summed E-state index contributed by atoms with van der Waals surface area (Å²) in [7, 11) is 6.31. The van der Waals surface area contributed by atoms with Crippen LogP contribution in [0.5, 0.6) is 23.0 Å². The zero-order chi connectivity index (χ0) is 33.2. The Morgan fingerprint density at radius 1 is 0.562 bits per heavy atom. The molecule has 0 heterocycles. The van der Waals surface area contributed by atoms with Crippen LogP contribution in [0.4, 0.5) is 0 Å². The van der Waals surface area contributed by atoms with Gasteiger partial charge >= 0.3 is 29.6 Å². The van der Waals surface area contributed by atoms with Crippen LogP contribution in [0.1, 0.15) is 63.8 Å². The molecule has 48 heavy (non-hydrogen) atoms. The summed E-state index contributed by atoms with van der Waals surface area (Å²) in [5.41, 5.74) is 2.50. The second-order valence-corrected chi connectivity index (χ2v) is 9.61. The van der Waals surface area contributed by atoms with E-state index in [2.05, 4.69) is 0 Å². The van der Waals surface area contributed by atoms with Crippen LogP contribution in [0.15, 0.2) is 97.1 Å². The number of carbonyl (C=O) groups is 2. The summed E-state index contributed by atoms with van der Waals surface area (Å²) in [6, 6.07) is 27.8. The Morgan fingerprint density at radius 3 is 1.02 bits per heavy atom. The summed E-state index contributed by atoms with van der Waals surface area (Å²) < 4.78 is 20.2. The molecule has 4 rings (SSSR count). The van der Waals surface area contributed by atoms with E-state index in [1.807, 2.05) is 0 Å². The van der Waals surface area contributed by atoms with Crippen molar-refractivity contribution in [3.8, 4) is 23.0 Å². The topological polar surface area (TPSA) is 162 Å². The molecule has 0 aliphatic rings. The third-order valence-electron chi connectivity index (χ3n) is 6.59. The van der Waals surface area contributed by atoms with Crippen molar-refractivity contribution in [2.24, 2.45) is 0 Å². The minimum atomic E-state index is -0.729. The van der Waals surface area contributed by atoms with Gasteiger partial charge in [-0.25, -0.2) is 0 Å². The molecule has 0 aliphatic heterocycles. The standard InChI is InChI=1S/C17H20O4.C17H16O4.C2H6O.Na.H2O.Sc/c2*1-20-14-7-3-12(4-8-14)16(18)11-17(19)13-5-9-15(21-2)10-6-13;1-2-3;;;/h3-10,16-19H,11H2,1-2H3;3-10H,11H2,1-2H3;3H,2H2,1H3;;1H2;/q;;;+1;;/p-1. The number of benzene rings is 4. The molecule has 0 saturated heterocycles. The van der Waals surface area contributed by atoms with E-state index in [4.69, 9.17) is 24.1 Å². The number of methoxy groups -OCH3 is 4. The molecule has 0 saturated carbocycles. The SMILES string of the molecule is CCO.COc1ccc(C(=O)CC(=O)c2ccc(OC)cc2)cc1.COc1ccc(C(O)CC(O)c2ccc(OC)cc2)cc1.[Na+].[OH-].[Sc]. The zero-order valence-electron chi connectivity index (χ0n) is 28.3. The Hall–Kier alpha value is -2.87. The van der Waals surface area contributed by atoms with Crippen LogP contribution in [0.3, 0.4) is 0 Å². The smallest absolute Gasteiger partial charge is 0.870 e. The van der Waals surface area contributed by atoms with Crippen LogP contribution < -0.4 is 48.5 Å². The Labute approximate surface area is 323 Å². The molecule has 0 fully saturated rings. The van der Waals surface area contributed by atoms with Gasteiger partial charge in [0, 0.05) is 50.0 Å². The number of rotatable bonds is 12. The third kappa shape index (κ3) is 16.0. The van der Waals surface area contributed by atoms with Gasteiger partial charge in [-0.15, -0.1) is 0 Å². The van der Waals surface area contributed by atoms with E-state index in [1.165, 1.54) is 0 Å². The fourth-order valence-corrected chi connectivity index (χ4v) is 4.04. The van der Waals surface area contributed by atoms with Gasteiger partial charge in [-0.2, -0.15) is 0 Å². The molecule has 0 amide bonds. The van der Waals surface area contributed by atoms with E-state index in [0.717, 1.165) is 22.6 Å². The fraction of sp³-hybridized carbons (Fsp3) is 0.278. The van der Waals surface area contributed by atoms with Crippen LogP contribution in [-0.4, -0.2) is 67.4 Å². The Morgan fingerprint density at radius 2 is 0.792 bits per heavy atom. The normalized spacial score (nSPS) is 10.7. The first-order valence-corrected chi connectivity index (χ1v) is 14.3. The molecule has 10 nitrogen and oxygen atoms in total. The predicted molar refractivity (Wildman–Crippen MR) is 174 cm³/mol. The van der Waals surface area contributed by atoms with E-state index in [-0.39, 0.29) is 91.9 Å². The van der Waals surface area contributed by atoms with Gasteiger partial charge < -0.3 is 39.7 Å². The largest absolute Gasteiger partial charge is 1.00 e. The van der Waals surface area contributed by atoms with E-state index in [1.54, 1.807) is 132 Å². The fourth-order valence-electron chi connectivity index (χ4n) is 4.04. The average Bonchev–Trinajstić information content (AvgIpc) is 3.09. The van der Waals surface area contributed by atoms with Crippen LogP contribution in [-0.2, 0) is 25.8 Å². The number of aliphatic hydroxyl groups is 3. The number of aliphatic hydroxyl groups excluding tert-OH is 3. The molecule has 251 valence electrons. The van der Waals surface area contributed by atoms with E-state index in [9.17, 15) is 19.8 Å². The van der Waals surface area contributed by atoms with Gasteiger partial charge in [-0.3, -0.25) is 9.59 Å².